The molecule has 0 bridgehead atoms. The summed E-state index contributed by atoms with van der Waals surface area (Å²) < 4.78 is 0. The lowest BCUT2D eigenvalue weighted by molar-refractivity contribution is 1.33. The van der Waals surface area contributed by atoms with Gasteiger partial charge in [0.2, 0.25) is 0 Å². The second kappa shape index (κ2) is 6.27. The number of nitrogens with zero attached hydrogens (tertiary/aromatic N) is 1. The van der Waals surface area contributed by atoms with Crippen LogP contribution in [0, 0.1) is 6.92 Å². The van der Waals surface area contributed by atoms with Crippen LogP contribution in [0.5, 0.6) is 0 Å². The molecule has 0 aliphatic rings. The Hall–Kier alpha value is -2.87. The molecule has 0 fully saturated rings. The molecule has 0 radical (unpaired) electrons. The van der Waals surface area contributed by atoms with Crippen LogP contribution in [-0.4, -0.2) is 4.98 Å². The molecule has 0 spiro atoms. The summed E-state index contributed by atoms with van der Waals surface area (Å²) in [4.78, 5) is 4.06. The highest BCUT2D eigenvalue weighted by atomic mass is 14.8. The van der Waals surface area contributed by atoms with Gasteiger partial charge in [0.05, 0.1) is 0 Å². The second-order valence-corrected chi connectivity index (χ2v) is 5.25. The number of rotatable bonds is 3. The molecule has 0 aliphatic carbocycles. The van der Waals surface area contributed by atoms with Crippen molar-refractivity contribution in [3.63, 3.8) is 0 Å². The highest BCUT2D eigenvalue weighted by molar-refractivity contribution is 5.92. The Balaban J connectivity index is 2.18. The van der Waals surface area contributed by atoms with Gasteiger partial charge in [0, 0.05) is 6.20 Å². The predicted octanol–water partition coefficient (Wildman–Crippen LogP) is 4.56. The van der Waals surface area contributed by atoms with E-state index in [-0.39, 0.29) is 0 Å². The Labute approximate surface area is 131 Å². The molecule has 2 nitrogen and oxygen atoms in total. The van der Waals surface area contributed by atoms with Crippen molar-refractivity contribution in [2.75, 3.05) is 5.73 Å². The normalized spacial score (nSPS) is 11.4. The van der Waals surface area contributed by atoms with Crippen molar-refractivity contribution in [1.29, 1.82) is 0 Å². The number of aromatic nitrogens is 1. The summed E-state index contributed by atoms with van der Waals surface area (Å²) >= 11 is 0. The van der Waals surface area contributed by atoms with Crippen molar-refractivity contribution in [1.82, 2.24) is 4.98 Å². The molecule has 0 amide bonds. The van der Waals surface area contributed by atoms with Crippen LogP contribution in [0.25, 0.3) is 11.6 Å². The van der Waals surface area contributed by atoms with Crippen molar-refractivity contribution < 1.29 is 0 Å². The molecule has 1 aromatic heterocycles. The van der Waals surface area contributed by atoms with Crippen molar-refractivity contribution in [2.24, 2.45) is 0 Å². The number of hydrogen-bond acceptors (Lipinski definition) is 2. The Morgan fingerprint density at radius 3 is 2.41 bits per heavy atom. The molecular formula is C20H18N2. The molecule has 22 heavy (non-hydrogen) atoms. The van der Waals surface area contributed by atoms with E-state index in [1.807, 2.05) is 18.2 Å². The first-order valence-corrected chi connectivity index (χ1v) is 7.29. The van der Waals surface area contributed by atoms with Crippen LogP contribution in [0.1, 0.15) is 22.3 Å². The highest BCUT2D eigenvalue weighted by Gasteiger charge is 2.07. The van der Waals surface area contributed by atoms with Gasteiger partial charge in [-0.1, -0.05) is 54.6 Å². The predicted molar refractivity (Wildman–Crippen MR) is 93.2 cm³/mol. The summed E-state index contributed by atoms with van der Waals surface area (Å²) in [5, 5.41) is 0. The number of hydrogen-bond donors (Lipinski definition) is 1. The Morgan fingerprint density at radius 1 is 0.955 bits per heavy atom. The molecule has 2 N–H and O–H groups in total. The molecule has 3 aromatic rings. The number of aryl methyl sites for hydroxylation is 1. The van der Waals surface area contributed by atoms with Gasteiger partial charge in [-0.3, -0.25) is 0 Å². The topological polar surface area (TPSA) is 38.9 Å². The Bertz CT molecular complexity index is 805. The van der Waals surface area contributed by atoms with Gasteiger partial charge < -0.3 is 5.73 Å². The largest absolute Gasteiger partial charge is 0.384 e. The van der Waals surface area contributed by atoms with E-state index < -0.39 is 0 Å². The summed E-state index contributed by atoms with van der Waals surface area (Å²) in [5.74, 6) is 0.533. The minimum Gasteiger partial charge on any atom is -0.384 e. The molecule has 0 atom stereocenters. The smallest absolute Gasteiger partial charge is 0.123 e. The van der Waals surface area contributed by atoms with Crippen LogP contribution >= 0.6 is 0 Å². The maximum Gasteiger partial charge on any atom is 0.123 e. The highest BCUT2D eigenvalue weighted by Crippen LogP contribution is 2.28. The minimum atomic E-state index is 0.533. The van der Waals surface area contributed by atoms with Crippen molar-refractivity contribution >= 4 is 17.5 Å². The van der Waals surface area contributed by atoms with Crippen LogP contribution in [0.4, 0.5) is 5.82 Å². The summed E-state index contributed by atoms with van der Waals surface area (Å²) in [5.41, 5.74) is 11.7. The lowest BCUT2D eigenvalue weighted by Gasteiger charge is -2.12. The van der Waals surface area contributed by atoms with E-state index in [4.69, 9.17) is 5.73 Å². The van der Waals surface area contributed by atoms with Gasteiger partial charge >= 0.3 is 0 Å². The lowest BCUT2D eigenvalue weighted by atomic mass is 9.93. The fourth-order valence-electron chi connectivity index (χ4n) is 2.53. The first-order chi connectivity index (χ1) is 10.7. The zero-order valence-corrected chi connectivity index (χ0v) is 12.5. The molecule has 2 heteroatoms. The number of anilines is 1. The first-order valence-electron chi connectivity index (χ1n) is 7.29. The van der Waals surface area contributed by atoms with Crippen LogP contribution in [-0.2, 0) is 0 Å². The van der Waals surface area contributed by atoms with E-state index in [0.29, 0.717) is 5.82 Å². The molecular weight excluding hydrogens is 268 g/mol. The third-order valence-electron chi connectivity index (χ3n) is 3.64. The monoisotopic (exact) mass is 286 g/mol. The molecule has 3 rings (SSSR count). The summed E-state index contributed by atoms with van der Waals surface area (Å²) in [6.45, 7) is 2.13. The minimum absolute atomic E-state index is 0.533. The van der Waals surface area contributed by atoms with Crippen molar-refractivity contribution in [3.8, 4) is 0 Å². The van der Waals surface area contributed by atoms with Crippen molar-refractivity contribution in [3.05, 3.63) is 95.2 Å². The Kier molecular flexibility index (Phi) is 4.01. The zero-order valence-electron chi connectivity index (χ0n) is 12.5. The third kappa shape index (κ3) is 3.07. The lowest BCUT2D eigenvalue weighted by Crippen LogP contribution is -1.93. The standard InChI is InChI=1S/C20H18N2/c1-15-7-5-6-10-18(15)19(17-8-3-2-4-9-17)13-16-11-12-22-20(21)14-16/h2-14H,1H3,(H2,21,22)/b19-13-. The SMILES string of the molecule is Cc1ccccc1/C(=C\c1ccnc(N)c1)c1ccccc1. The Morgan fingerprint density at radius 2 is 1.68 bits per heavy atom. The van der Waals surface area contributed by atoms with Crippen LogP contribution < -0.4 is 5.73 Å². The number of pyridine rings is 1. The quantitative estimate of drug-likeness (QED) is 0.766. The summed E-state index contributed by atoms with van der Waals surface area (Å²) in [6, 6.07) is 22.7. The molecule has 0 unspecified atom stereocenters. The summed E-state index contributed by atoms with van der Waals surface area (Å²) in [6.07, 6.45) is 3.90. The van der Waals surface area contributed by atoms with Gasteiger partial charge in [0.25, 0.3) is 0 Å². The molecule has 0 aliphatic heterocycles. The van der Waals surface area contributed by atoms with E-state index in [1.54, 1.807) is 6.20 Å². The molecule has 1 heterocycles. The van der Waals surface area contributed by atoms with Gasteiger partial charge in [-0.15, -0.1) is 0 Å². The van der Waals surface area contributed by atoms with Crippen LogP contribution in [0.3, 0.4) is 0 Å². The van der Waals surface area contributed by atoms with E-state index >= 15 is 0 Å². The van der Waals surface area contributed by atoms with E-state index in [2.05, 4.69) is 66.5 Å². The molecule has 2 aromatic carbocycles. The molecule has 108 valence electrons. The number of nitrogen functional groups attached to an aromatic ring is 1. The maximum absolute atomic E-state index is 5.80. The van der Waals surface area contributed by atoms with Gasteiger partial charge in [-0.05, 0) is 53.0 Å². The first kappa shape index (κ1) is 14.1. The van der Waals surface area contributed by atoms with Gasteiger partial charge in [-0.25, -0.2) is 4.98 Å². The third-order valence-corrected chi connectivity index (χ3v) is 3.64. The second-order valence-electron chi connectivity index (χ2n) is 5.25. The molecule has 0 saturated carbocycles. The molecule has 0 saturated heterocycles. The number of nitrogens with two attached hydrogens (primary N) is 1. The van der Waals surface area contributed by atoms with Crippen LogP contribution in [0.15, 0.2) is 72.9 Å². The number of benzene rings is 2. The van der Waals surface area contributed by atoms with Gasteiger partial charge in [0.1, 0.15) is 5.82 Å². The average Bonchev–Trinajstić information content (AvgIpc) is 2.54. The fraction of sp³-hybridized carbons (Fsp3) is 0.0500. The maximum atomic E-state index is 5.80. The summed E-state index contributed by atoms with van der Waals surface area (Å²) in [7, 11) is 0. The average molecular weight is 286 g/mol. The van der Waals surface area contributed by atoms with Crippen molar-refractivity contribution in [2.45, 2.75) is 6.92 Å². The van der Waals surface area contributed by atoms with Gasteiger partial charge in [-0.2, -0.15) is 0 Å². The fourth-order valence-corrected chi connectivity index (χ4v) is 2.53. The van der Waals surface area contributed by atoms with E-state index in [1.165, 1.54) is 22.3 Å². The van der Waals surface area contributed by atoms with Crippen LogP contribution in [0.2, 0.25) is 0 Å². The van der Waals surface area contributed by atoms with E-state index in [9.17, 15) is 0 Å². The zero-order chi connectivity index (χ0) is 15.4. The van der Waals surface area contributed by atoms with Gasteiger partial charge in [0.15, 0.2) is 0 Å². The van der Waals surface area contributed by atoms with E-state index in [0.717, 1.165) is 5.56 Å².